The molecule has 2 radical (unpaired) electrons. The van der Waals surface area contributed by atoms with Crippen LogP contribution in [0.5, 0.6) is 0 Å². The first-order valence-electron chi connectivity index (χ1n) is 3.51. The Kier molecular flexibility index (Phi) is 6.52. The molecule has 1 atom stereocenters. The predicted molar refractivity (Wildman–Crippen MR) is 40.6 cm³/mol. The van der Waals surface area contributed by atoms with Gasteiger partial charge in [0, 0.05) is 0 Å². The summed E-state index contributed by atoms with van der Waals surface area (Å²) in [6, 6.07) is 0. The van der Waals surface area contributed by atoms with Gasteiger partial charge in [-0.05, 0) is 0 Å². The average Bonchev–Trinajstić information content (AvgIpc) is 1.83. The van der Waals surface area contributed by atoms with Crippen molar-refractivity contribution >= 4 is 22.5 Å². The molecule has 0 rings (SSSR count). The summed E-state index contributed by atoms with van der Waals surface area (Å²) in [6.45, 7) is 4.62. The summed E-state index contributed by atoms with van der Waals surface area (Å²) in [5.74, 6) is 1.01. The van der Waals surface area contributed by atoms with Gasteiger partial charge in [0.05, 0.1) is 0 Å². The molecular weight excluding hydrogens is 203 g/mol. The van der Waals surface area contributed by atoms with Crippen LogP contribution in [-0.4, -0.2) is 22.5 Å². The van der Waals surface area contributed by atoms with Gasteiger partial charge in [-0.15, -0.1) is 0 Å². The minimum absolute atomic E-state index is 1.01. The third-order valence-corrected chi connectivity index (χ3v) is 3.75. The van der Waals surface area contributed by atoms with Crippen molar-refractivity contribution in [1.29, 1.82) is 0 Å². The van der Waals surface area contributed by atoms with E-state index in [1.807, 2.05) is 0 Å². The standard InChI is InChI=1S/C7H15.Sn.H/c1-4-5-6-7(2)3;;/h7H,2,4-6H2,1,3H3;;. The van der Waals surface area contributed by atoms with Crippen molar-refractivity contribution in [2.75, 3.05) is 0 Å². The first-order valence-corrected chi connectivity index (χ1v) is 5.84. The molecule has 0 saturated heterocycles. The monoisotopic (exact) mass is 220 g/mol. The van der Waals surface area contributed by atoms with Gasteiger partial charge in [-0.2, -0.15) is 0 Å². The van der Waals surface area contributed by atoms with Crippen molar-refractivity contribution in [2.45, 2.75) is 37.5 Å². The van der Waals surface area contributed by atoms with Gasteiger partial charge < -0.3 is 0 Å². The quantitative estimate of drug-likeness (QED) is 0.635. The fraction of sp³-hybridized carbons (Fsp3) is 1.00. The Hall–Kier alpha value is 0.799. The second-order valence-corrected chi connectivity index (χ2v) is 3.83. The van der Waals surface area contributed by atoms with Gasteiger partial charge in [0.25, 0.3) is 0 Å². The van der Waals surface area contributed by atoms with E-state index < -0.39 is 0 Å². The zero-order valence-corrected chi connectivity index (χ0v) is 9.28. The Morgan fingerprint density at radius 3 is 2.50 bits per heavy atom. The van der Waals surface area contributed by atoms with Crippen LogP contribution in [-0.2, 0) is 0 Å². The van der Waals surface area contributed by atoms with Crippen molar-refractivity contribution in [1.82, 2.24) is 0 Å². The van der Waals surface area contributed by atoms with E-state index in [2.05, 4.69) is 13.8 Å². The van der Waals surface area contributed by atoms with Crippen molar-refractivity contribution in [3.05, 3.63) is 0 Å². The Morgan fingerprint density at radius 2 is 2.12 bits per heavy atom. The van der Waals surface area contributed by atoms with E-state index in [4.69, 9.17) is 0 Å². The van der Waals surface area contributed by atoms with Crippen LogP contribution >= 0.6 is 0 Å². The summed E-state index contributed by atoms with van der Waals surface area (Å²) in [5.41, 5.74) is 0. The summed E-state index contributed by atoms with van der Waals surface area (Å²) >= 11 is 1.45. The van der Waals surface area contributed by atoms with Crippen molar-refractivity contribution in [3.63, 3.8) is 0 Å². The molecule has 0 amide bonds. The number of hydrogen-bond acceptors (Lipinski definition) is 0. The Morgan fingerprint density at radius 1 is 1.50 bits per heavy atom. The molecule has 0 N–H and O–H groups in total. The average molecular weight is 219 g/mol. The zero-order valence-electron chi connectivity index (χ0n) is 5.98. The first-order chi connectivity index (χ1) is 3.81. The van der Waals surface area contributed by atoms with E-state index in [0.717, 1.165) is 5.92 Å². The molecule has 0 bridgehead atoms. The van der Waals surface area contributed by atoms with Crippen LogP contribution in [0.4, 0.5) is 0 Å². The normalized spacial score (nSPS) is 13.9. The summed E-state index contributed by atoms with van der Waals surface area (Å²) in [7, 11) is 0. The van der Waals surface area contributed by atoms with Gasteiger partial charge >= 0.3 is 66.0 Å². The van der Waals surface area contributed by atoms with Crippen LogP contribution in [0.2, 0.25) is 4.44 Å². The maximum absolute atomic E-state index is 2.36. The molecule has 1 unspecified atom stereocenters. The number of hydrogen-bond donors (Lipinski definition) is 0. The molecule has 0 saturated carbocycles. The van der Waals surface area contributed by atoms with Crippen LogP contribution in [0, 0.1) is 5.92 Å². The molecule has 0 fully saturated rings. The zero-order chi connectivity index (χ0) is 6.41. The van der Waals surface area contributed by atoms with Gasteiger partial charge in [0.2, 0.25) is 0 Å². The fourth-order valence-corrected chi connectivity index (χ4v) is 1.34. The molecule has 0 aliphatic rings. The van der Waals surface area contributed by atoms with Gasteiger partial charge in [-0.1, -0.05) is 0 Å². The summed E-state index contributed by atoms with van der Waals surface area (Å²) in [6.07, 6.45) is 4.25. The Labute approximate surface area is 66.1 Å². The molecule has 1 heteroatoms. The minimum atomic E-state index is 1.01. The third-order valence-electron chi connectivity index (χ3n) is 1.45. The van der Waals surface area contributed by atoms with E-state index in [-0.39, 0.29) is 0 Å². The maximum atomic E-state index is 2.36. The second-order valence-electron chi connectivity index (χ2n) is 2.48. The van der Waals surface area contributed by atoms with Crippen molar-refractivity contribution in [3.8, 4) is 0 Å². The third kappa shape index (κ3) is 4.95. The fourth-order valence-electron chi connectivity index (χ4n) is 0.670. The van der Waals surface area contributed by atoms with Crippen LogP contribution < -0.4 is 0 Å². The van der Waals surface area contributed by atoms with Crippen LogP contribution in [0.15, 0.2) is 0 Å². The molecule has 0 spiro atoms. The molecule has 0 aliphatic heterocycles. The SMILES string of the molecule is CCCCC(C)[CH2][SnH]. The van der Waals surface area contributed by atoms with Crippen molar-refractivity contribution < 1.29 is 0 Å². The Balaban J connectivity index is 2.86. The van der Waals surface area contributed by atoms with Crippen molar-refractivity contribution in [2.24, 2.45) is 5.92 Å². The van der Waals surface area contributed by atoms with E-state index >= 15 is 0 Å². The van der Waals surface area contributed by atoms with Crippen LogP contribution in [0.3, 0.4) is 0 Å². The molecule has 0 aliphatic carbocycles. The van der Waals surface area contributed by atoms with Gasteiger partial charge in [0.15, 0.2) is 0 Å². The van der Waals surface area contributed by atoms with Crippen LogP contribution in [0.1, 0.15) is 33.1 Å². The molecule has 48 valence electrons. The predicted octanol–water partition coefficient (Wildman–Crippen LogP) is 2.13. The number of unbranched alkanes of at least 4 members (excludes halogenated alkanes) is 1. The summed E-state index contributed by atoms with van der Waals surface area (Å²) < 4.78 is 1.48. The molecule has 0 aromatic rings. The first kappa shape index (κ1) is 8.80. The molecule has 8 heavy (non-hydrogen) atoms. The molecule has 0 aromatic carbocycles. The van der Waals surface area contributed by atoms with Gasteiger partial charge in [-0.25, -0.2) is 0 Å². The number of rotatable bonds is 4. The Bertz CT molecular complexity index is 43.7. The van der Waals surface area contributed by atoms with E-state index in [1.54, 1.807) is 0 Å². The molecular formula is C7H16Sn. The topological polar surface area (TPSA) is 0 Å². The van der Waals surface area contributed by atoms with Gasteiger partial charge in [-0.3, -0.25) is 0 Å². The second kappa shape index (κ2) is 5.93. The van der Waals surface area contributed by atoms with Crippen LogP contribution in [0.25, 0.3) is 0 Å². The van der Waals surface area contributed by atoms with E-state index in [1.165, 1.54) is 46.2 Å². The molecule has 0 aromatic heterocycles. The summed E-state index contributed by atoms with van der Waals surface area (Å²) in [5, 5.41) is 0. The summed E-state index contributed by atoms with van der Waals surface area (Å²) in [4.78, 5) is 0. The van der Waals surface area contributed by atoms with E-state index in [0.29, 0.717) is 0 Å². The molecule has 0 nitrogen and oxygen atoms in total. The van der Waals surface area contributed by atoms with E-state index in [9.17, 15) is 0 Å². The molecule has 0 heterocycles. The van der Waals surface area contributed by atoms with Gasteiger partial charge in [0.1, 0.15) is 0 Å².